The molecule has 0 spiro atoms. The lowest BCUT2D eigenvalue weighted by molar-refractivity contribution is 0.193. The molecule has 0 bridgehead atoms. The minimum atomic E-state index is 0.210. The Morgan fingerprint density at radius 3 is 3.12 bits per heavy atom. The molecule has 1 aliphatic heterocycles. The highest BCUT2D eigenvalue weighted by Crippen LogP contribution is 2.29. The quantitative estimate of drug-likeness (QED) is 0.829. The van der Waals surface area contributed by atoms with Crippen LogP contribution in [0.5, 0.6) is 5.75 Å². The van der Waals surface area contributed by atoms with Crippen LogP contribution in [0.3, 0.4) is 0 Å². The van der Waals surface area contributed by atoms with E-state index in [9.17, 15) is 5.11 Å². The summed E-state index contributed by atoms with van der Waals surface area (Å²) in [5.41, 5.74) is 0.821. The molecular weight excluding hydrogens is 228 g/mol. The third-order valence-corrected chi connectivity index (χ3v) is 3.18. The first-order valence-electron chi connectivity index (χ1n) is 5.20. The van der Waals surface area contributed by atoms with Gasteiger partial charge in [0.1, 0.15) is 11.6 Å². The number of pyridine rings is 1. The minimum absolute atomic E-state index is 0.210. The number of halogens is 1. The smallest absolute Gasteiger partial charge is 0.155 e. The van der Waals surface area contributed by atoms with Crippen LogP contribution in [0.25, 0.3) is 5.52 Å². The lowest BCUT2D eigenvalue weighted by Gasteiger charge is -2.06. The topological polar surface area (TPSA) is 46.8 Å². The molecule has 0 radical (unpaired) electrons. The van der Waals surface area contributed by atoms with Gasteiger partial charge in [0.2, 0.25) is 0 Å². The van der Waals surface area contributed by atoms with Crippen molar-refractivity contribution < 1.29 is 9.84 Å². The molecular formula is C11H11ClN2O2. The van der Waals surface area contributed by atoms with E-state index in [0.717, 1.165) is 24.4 Å². The molecule has 1 N–H and O–H groups in total. The monoisotopic (exact) mass is 238 g/mol. The van der Waals surface area contributed by atoms with E-state index >= 15 is 0 Å². The van der Waals surface area contributed by atoms with Crippen molar-refractivity contribution in [3.05, 3.63) is 29.3 Å². The van der Waals surface area contributed by atoms with Crippen molar-refractivity contribution in [3.8, 4) is 5.75 Å². The number of ether oxygens (including phenoxy) is 1. The zero-order valence-electron chi connectivity index (χ0n) is 8.56. The zero-order chi connectivity index (χ0) is 11.1. The second kappa shape index (κ2) is 3.64. The Hall–Kier alpha value is -1.26. The number of hydrogen-bond acceptors (Lipinski definition) is 3. The average Bonchev–Trinajstić information content (AvgIpc) is 2.86. The fraction of sp³-hybridized carbons (Fsp3) is 0.364. The van der Waals surface area contributed by atoms with Gasteiger partial charge >= 0.3 is 0 Å². The Morgan fingerprint density at radius 2 is 2.38 bits per heavy atom. The van der Waals surface area contributed by atoms with Crippen LogP contribution in [0.2, 0.25) is 5.15 Å². The molecule has 1 unspecified atom stereocenters. The van der Waals surface area contributed by atoms with Gasteiger partial charge in [0.25, 0.3) is 0 Å². The van der Waals surface area contributed by atoms with Crippen LogP contribution in [0.15, 0.2) is 18.3 Å². The minimum Gasteiger partial charge on any atom is -0.506 e. The number of rotatable bonds is 1. The van der Waals surface area contributed by atoms with Gasteiger partial charge in [0, 0.05) is 12.5 Å². The van der Waals surface area contributed by atoms with Gasteiger partial charge < -0.3 is 9.84 Å². The summed E-state index contributed by atoms with van der Waals surface area (Å²) < 4.78 is 7.19. The molecule has 0 amide bonds. The van der Waals surface area contributed by atoms with Gasteiger partial charge in [-0.3, -0.25) is 4.40 Å². The first kappa shape index (κ1) is 9.93. The molecule has 2 aromatic rings. The molecule has 1 atom stereocenters. The van der Waals surface area contributed by atoms with E-state index in [1.165, 1.54) is 0 Å². The largest absolute Gasteiger partial charge is 0.506 e. The molecule has 0 aromatic carbocycles. The SMILES string of the molecule is Oc1ccc2c(Cl)nc(C3CCOC3)n2c1. The molecule has 1 fully saturated rings. The highest BCUT2D eigenvalue weighted by molar-refractivity contribution is 6.32. The highest BCUT2D eigenvalue weighted by Gasteiger charge is 2.23. The number of hydrogen-bond donors (Lipinski definition) is 1. The van der Waals surface area contributed by atoms with Crippen LogP contribution in [-0.4, -0.2) is 27.7 Å². The number of aromatic nitrogens is 2. The van der Waals surface area contributed by atoms with Gasteiger partial charge in [-0.15, -0.1) is 0 Å². The van der Waals surface area contributed by atoms with Crippen LogP contribution >= 0.6 is 11.6 Å². The Balaban J connectivity index is 2.19. The van der Waals surface area contributed by atoms with E-state index in [-0.39, 0.29) is 11.7 Å². The first-order valence-corrected chi connectivity index (χ1v) is 5.58. The van der Waals surface area contributed by atoms with Gasteiger partial charge in [-0.05, 0) is 18.6 Å². The van der Waals surface area contributed by atoms with Crippen LogP contribution in [0, 0.1) is 0 Å². The average molecular weight is 239 g/mol. The van der Waals surface area contributed by atoms with Gasteiger partial charge in [0.15, 0.2) is 5.15 Å². The Morgan fingerprint density at radius 1 is 1.50 bits per heavy atom. The van der Waals surface area contributed by atoms with Crippen molar-refractivity contribution in [1.29, 1.82) is 0 Å². The Labute approximate surface area is 97.4 Å². The number of aromatic hydroxyl groups is 1. The van der Waals surface area contributed by atoms with Gasteiger partial charge in [-0.2, -0.15) is 0 Å². The van der Waals surface area contributed by atoms with Crippen molar-refractivity contribution in [1.82, 2.24) is 9.38 Å². The van der Waals surface area contributed by atoms with Gasteiger partial charge in [-0.1, -0.05) is 11.6 Å². The second-order valence-corrected chi connectivity index (χ2v) is 4.32. The number of fused-ring (bicyclic) bond motifs is 1. The third kappa shape index (κ3) is 1.45. The fourth-order valence-electron chi connectivity index (χ4n) is 2.09. The number of nitrogens with zero attached hydrogens (tertiary/aromatic N) is 2. The highest BCUT2D eigenvalue weighted by atomic mass is 35.5. The van der Waals surface area contributed by atoms with Crippen molar-refractivity contribution in [2.45, 2.75) is 12.3 Å². The van der Waals surface area contributed by atoms with Crippen LogP contribution in [0.4, 0.5) is 0 Å². The lowest BCUT2D eigenvalue weighted by atomic mass is 10.1. The predicted octanol–water partition coefficient (Wildman–Crippen LogP) is 2.20. The summed E-state index contributed by atoms with van der Waals surface area (Å²) >= 11 is 6.05. The summed E-state index contributed by atoms with van der Waals surface area (Å²) in [6.45, 7) is 1.43. The van der Waals surface area contributed by atoms with Crippen molar-refractivity contribution in [2.75, 3.05) is 13.2 Å². The zero-order valence-corrected chi connectivity index (χ0v) is 9.31. The maximum atomic E-state index is 9.48. The molecule has 3 heterocycles. The Kier molecular flexibility index (Phi) is 2.26. The third-order valence-electron chi connectivity index (χ3n) is 2.90. The molecule has 16 heavy (non-hydrogen) atoms. The van der Waals surface area contributed by atoms with E-state index in [4.69, 9.17) is 16.3 Å². The molecule has 1 saturated heterocycles. The molecule has 4 nitrogen and oxygen atoms in total. The second-order valence-electron chi connectivity index (χ2n) is 3.96. The molecule has 3 rings (SSSR count). The summed E-state index contributed by atoms with van der Waals surface area (Å²) in [6, 6.07) is 3.38. The van der Waals surface area contributed by atoms with E-state index in [2.05, 4.69) is 4.98 Å². The summed E-state index contributed by atoms with van der Waals surface area (Å²) in [4.78, 5) is 4.35. The van der Waals surface area contributed by atoms with Crippen LogP contribution in [-0.2, 0) is 4.74 Å². The van der Waals surface area contributed by atoms with Crippen molar-refractivity contribution >= 4 is 17.1 Å². The number of imidazole rings is 1. The summed E-state index contributed by atoms with van der Waals surface area (Å²) in [7, 11) is 0. The molecule has 2 aromatic heterocycles. The lowest BCUT2D eigenvalue weighted by Crippen LogP contribution is -2.03. The van der Waals surface area contributed by atoms with Gasteiger partial charge in [0.05, 0.1) is 18.3 Å². The normalized spacial score (nSPS) is 20.7. The van der Waals surface area contributed by atoms with Gasteiger partial charge in [-0.25, -0.2) is 4.98 Å². The van der Waals surface area contributed by atoms with Crippen LogP contribution in [0.1, 0.15) is 18.2 Å². The van der Waals surface area contributed by atoms with Crippen LogP contribution < -0.4 is 0 Å². The first-order chi connectivity index (χ1) is 7.75. The summed E-state index contributed by atoms with van der Waals surface area (Å²) in [5.74, 6) is 1.34. The van der Waals surface area contributed by atoms with E-state index < -0.39 is 0 Å². The van der Waals surface area contributed by atoms with E-state index in [1.54, 1.807) is 18.3 Å². The molecule has 84 valence electrons. The summed E-state index contributed by atoms with van der Waals surface area (Å²) in [5, 5.41) is 9.96. The molecule has 5 heteroatoms. The fourth-order valence-corrected chi connectivity index (χ4v) is 2.33. The van der Waals surface area contributed by atoms with E-state index in [0.29, 0.717) is 11.8 Å². The molecule has 0 saturated carbocycles. The van der Waals surface area contributed by atoms with E-state index in [1.807, 2.05) is 4.40 Å². The van der Waals surface area contributed by atoms with Crippen molar-refractivity contribution in [3.63, 3.8) is 0 Å². The standard InChI is InChI=1S/C11H11ClN2O2/c12-10-9-2-1-8(15)5-14(9)11(13-10)7-3-4-16-6-7/h1-2,5,7,15H,3-4,6H2. The maximum absolute atomic E-state index is 9.48. The molecule has 0 aliphatic carbocycles. The summed E-state index contributed by atoms with van der Waals surface area (Å²) in [6.07, 6.45) is 2.59. The maximum Gasteiger partial charge on any atom is 0.155 e. The van der Waals surface area contributed by atoms with Crippen molar-refractivity contribution in [2.24, 2.45) is 0 Å². The Bertz CT molecular complexity index is 532. The predicted molar refractivity (Wildman–Crippen MR) is 60.0 cm³/mol. The molecule has 1 aliphatic rings.